The molecule has 4 unspecified atom stereocenters. The van der Waals surface area contributed by atoms with Gasteiger partial charge in [-0.25, -0.2) is 0 Å². The minimum absolute atomic E-state index is 0.285. The molecule has 45 heavy (non-hydrogen) atoms. The molecule has 0 saturated heterocycles. The SMILES string of the molecule is BC1=CC2=C(CC1)C(/C=C\C)CC(/C=C/C1=CCCC3C=CC=CC3=C1)C2(CCCCCCCC)CCCCCCCCCC. The molecule has 0 nitrogen and oxygen atoms in total. The molecule has 0 bridgehead atoms. The predicted molar refractivity (Wildman–Crippen MR) is 203 cm³/mol. The monoisotopic (exact) mass is 607 g/mol. The van der Waals surface area contributed by atoms with E-state index in [1.807, 2.05) is 0 Å². The van der Waals surface area contributed by atoms with E-state index in [4.69, 9.17) is 0 Å². The zero-order chi connectivity index (χ0) is 31.7. The first-order chi connectivity index (χ1) is 22.1. The number of fused-ring (bicyclic) bond motifs is 1. The van der Waals surface area contributed by atoms with Crippen molar-refractivity contribution in [1.82, 2.24) is 0 Å². The average Bonchev–Trinajstić information content (AvgIpc) is 3.26. The summed E-state index contributed by atoms with van der Waals surface area (Å²) in [6.45, 7) is 6.90. The van der Waals surface area contributed by atoms with E-state index < -0.39 is 0 Å². The van der Waals surface area contributed by atoms with Crippen molar-refractivity contribution in [3.63, 3.8) is 0 Å². The Bertz CT molecular complexity index is 1150. The molecule has 0 aliphatic heterocycles. The summed E-state index contributed by atoms with van der Waals surface area (Å²) in [6.07, 6.45) is 55.6. The Morgan fingerprint density at radius 1 is 0.800 bits per heavy atom. The standard InChI is InChI=1S/C44H67B/c1-4-7-9-11-13-14-16-20-32-44(31-19-15-12-10-8-5-2)40(34-39(22-6-3)42-30-29-41(45)35-43(42)44)28-27-36-23-21-26-37-24-17-18-25-38(37)33-36/h6,17-18,22-25,27-28,33,35,37,39-40H,4-5,7-16,19-21,26,29-32,34,45H2,1-3H3/b22-6-,28-27+. The van der Waals surface area contributed by atoms with Gasteiger partial charge in [0.2, 0.25) is 0 Å². The molecule has 4 aliphatic carbocycles. The summed E-state index contributed by atoms with van der Waals surface area (Å²) < 4.78 is 0. The fourth-order valence-electron chi connectivity index (χ4n) is 8.86. The van der Waals surface area contributed by atoms with Crippen LogP contribution < -0.4 is 0 Å². The molecule has 0 aromatic carbocycles. The third-order valence-electron chi connectivity index (χ3n) is 11.5. The van der Waals surface area contributed by atoms with Crippen LogP contribution in [0.15, 0.2) is 94.6 Å². The van der Waals surface area contributed by atoms with Crippen LogP contribution in [0, 0.1) is 23.2 Å². The van der Waals surface area contributed by atoms with Gasteiger partial charge >= 0.3 is 0 Å². The predicted octanol–water partition coefficient (Wildman–Crippen LogP) is 13.0. The van der Waals surface area contributed by atoms with Crippen molar-refractivity contribution in [1.29, 1.82) is 0 Å². The highest BCUT2D eigenvalue weighted by molar-refractivity contribution is 6.22. The van der Waals surface area contributed by atoms with Crippen LogP contribution in [0.3, 0.4) is 0 Å². The van der Waals surface area contributed by atoms with Gasteiger partial charge in [-0.3, -0.25) is 0 Å². The van der Waals surface area contributed by atoms with Gasteiger partial charge in [-0.05, 0) is 80.4 Å². The van der Waals surface area contributed by atoms with E-state index >= 15 is 0 Å². The van der Waals surface area contributed by atoms with E-state index in [1.165, 1.54) is 146 Å². The number of hydrogen-bond acceptors (Lipinski definition) is 0. The molecular formula is C44H67B. The Labute approximate surface area is 280 Å². The summed E-state index contributed by atoms with van der Waals surface area (Å²) in [6, 6.07) is 0. The highest BCUT2D eigenvalue weighted by Crippen LogP contribution is 2.57. The van der Waals surface area contributed by atoms with Gasteiger partial charge in [-0.1, -0.05) is 176 Å². The van der Waals surface area contributed by atoms with Gasteiger partial charge in [0.1, 0.15) is 7.85 Å². The van der Waals surface area contributed by atoms with Gasteiger partial charge in [-0.2, -0.15) is 0 Å². The van der Waals surface area contributed by atoms with Crippen molar-refractivity contribution in [2.45, 2.75) is 156 Å². The fourth-order valence-corrected chi connectivity index (χ4v) is 8.86. The van der Waals surface area contributed by atoms with Crippen LogP contribution in [0.2, 0.25) is 0 Å². The minimum atomic E-state index is 0.285. The Kier molecular flexibility index (Phi) is 15.6. The lowest BCUT2D eigenvalue weighted by Crippen LogP contribution is -2.39. The van der Waals surface area contributed by atoms with Gasteiger partial charge in [0.05, 0.1) is 0 Å². The Balaban J connectivity index is 1.63. The number of allylic oxidation sites excluding steroid dienone is 16. The first-order valence-corrected chi connectivity index (χ1v) is 19.6. The maximum Gasteiger partial charge on any atom is 0.133 e. The second kappa shape index (κ2) is 19.6. The van der Waals surface area contributed by atoms with E-state index in [0.717, 1.165) is 0 Å². The van der Waals surface area contributed by atoms with Crippen molar-refractivity contribution < 1.29 is 0 Å². The second-order valence-corrected chi connectivity index (χ2v) is 14.9. The van der Waals surface area contributed by atoms with Gasteiger partial charge in [0.15, 0.2) is 0 Å². The van der Waals surface area contributed by atoms with Gasteiger partial charge in [0.25, 0.3) is 0 Å². The molecule has 0 spiro atoms. The molecule has 0 saturated carbocycles. The van der Waals surface area contributed by atoms with Crippen molar-refractivity contribution >= 4 is 7.85 Å². The zero-order valence-corrected chi connectivity index (χ0v) is 29.9. The van der Waals surface area contributed by atoms with E-state index in [2.05, 4.69) is 95.5 Å². The van der Waals surface area contributed by atoms with Crippen LogP contribution in [0.25, 0.3) is 0 Å². The van der Waals surface area contributed by atoms with Gasteiger partial charge in [-0.15, -0.1) is 5.47 Å². The zero-order valence-electron chi connectivity index (χ0n) is 29.9. The highest BCUT2D eigenvalue weighted by Gasteiger charge is 2.45. The summed E-state index contributed by atoms with van der Waals surface area (Å²) in [4.78, 5) is 0. The number of unbranched alkanes of at least 4 members (excludes halogenated alkanes) is 12. The number of hydrogen-bond donors (Lipinski definition) is 0. The lowest BCUT2D eigenvalue weighted by molar-refractivity contribution is 0.166. The van der Waals surface area contributed by atoms with E-state index in [1.54, 1.807) is 16.6 Å². The van der Waals surface area contributed by atoms with Crippen molar-refractivity contribution in [3.05, 3.63) is 94.6 Å². The quantitative estimate of drug-likeness (QED) is 0.0779. The van der Waals surface area contributed by atoms with Crippen molar-refractivity contribution in [2.24, 2.45) is 23.2 Å². The first-order valence-electron chi connectivity index (χ1n) is 19.6. The molecule has 0 fully saturated rings. The van der Waals surface area contributed by atoms with Crippen LogP contribution in [-0.4, -0.2) is 7.85 Å². The molecule has 0 aromatic heterocycles. The molecule has 0 radical (unpaired) electrons. The van der Waals surface area contributed by atoms with Crippen molar-refractivity contribution in [3.8, 4) is 0 Å². The summed E-state index contributed by atoms with van der Waals surface area (Å²) >= 11 is 0. The summed E-state index contributed by atoms with van der Waals surface area (Å²) in [5.41, 5.74) is 8.40. The van der Waals surface area contributed by atoms with Gasteiger partial charge in [0, 0.05) is 11.3 Å². The summed E-state index contributed by atoms with van der Waals surface area (Å²) in [5, 5.41) is 0. The molecular weight excluding hydrogens is 539 g/mol. The molecule has 246 valence electrons. The van der Waals surface area contributed by atoms with Gasteiger partial charge < -0.3 is 0 Å². The van der Waals surface area contributed by atoms with Crippen LogP contribution in [0.1, 0.15) is 156 Å². The fraction of sp³-hybridized carbons (Fsp3) is 0.636. The van der Waals surface area contributed by atoms with E-state index in [0.29, 0.717) is 17.8 Å². The molecule has 4 rings (SSSR count). The van der Waals surface area contributed by atoms with Crippen LogP contribution in [0.4, 0.5) is 0 Å². The Morgan fingerprint density at radius 3 is 2.13 bits per heavy atom. The topological polar surface area (TPSA) is 0 Å². The largest absolute Gasteiger partial charge is 0.133 e. The summed E-state index contributed by atoms with van der Waals surface area (Å²) in [7, 11) is 2.41. The number of rotatable bonds is 19. The van der Waals surface area contributed by atoms with Crippen molar-refractivity contribution in [2.75, 3.05) is 0 Å². The molecule has 4 aliphatic rings. The normalized spacial score (nSPS) is 26.6. The molecule has 0 aromatic rings. The molecule has 0 amide bonds. The lowest BCUT2D eigenvalue weighted by atomic mass is 9.54. The molecule has 1 heteroatoms. The highest BCUT2D eigenvalue weighted by atomic mass is 14.5. The lowest BCUT2D eigenvalue weighted by Gasteiger charge is -2.50. The molecule has 0 heterocycles. The third kappa shape index (κ3) is 10.5. The van der Waals surface area contributed by atoms with E-state index in [9.17, 15) is 0 Å². The molecule has 0 N–H and O–H groups in total. The van der Waals surface area contributed by atoms with Crippen LogP contribution >= 0.6 is 0 Å². The average molecular weight is 607 g/mol. The maximum absolute atomic E-state index is 2.71. The van der Waals surface area contributed by atoms with E-state index in [-0.39, 0.29) is 5.41 Å². The Morgan fingerprint density at radius 2 is 1.47 bits per heavy atom. The van der Waals surface area contributed by atoms with Crippen LogP contribution in [0.5, 0.6) is 0 Å². The van der Waals surface area contributed by atoms with Crippen LogP contribution in [-0.2, 0) is 0 Å². The third-order valence-corrected chi connectivity index (χ3v) is 11.5. The maximum atomic E-state index is 2.71. The Hall–Kier alpha value is -2.02. The second-order valence-electron chi connectivity index (χ2n) is 14.9. The summed E-state index contributed by atoms with van der Waals surface area (Å²) in [5.74, 6) is 1.78. The first kappa shape index (κ1) is 35.8. The smallest absolute Gasteiger partial charge is 0.109 e. The minimum Gasteiger partial charge on any atom is -0.109 e. The molecule has 4 atom stereocenters.